The third-order valence-electron chi connectivity index (χ3n) is 2.83. The zero-order valence-corrected chi connectivity index (χ0v) is 11.8. The van der Waals surface area contributed by atoms with Gasteiger partial charge in [-0.05, 0) is 30.7 Å². The quantitative estimate of drug-likeness (QED) is 0.828. The van der Waals surface area contributed by atoms with Gasteiger partial charge in [0.25, 0.3) is 0 Å². The average molecular weight is 286 g/mol. The summed E-state index contributed by atoms with van der Waals surface area (Å²) in [6.07, 6.45) is 0.986. The molecular weight excluding hydrogens is 268 g/mol. The fourth-order valence-electron chi connectivity index (χ4n) is 1.77. The summed E-state index contributed by atoms with van der Waals surface area (Å²) in [5.41, 5.74) is 0. The van der Waals surface area contributed by atoms with Gasteiger partial charge in [0.15, 0.2) is 9.84 Å². The molecule has 106 valence electrons. The van der Waals surface area contributed by atoms with Crippen molar-refractivity contribution in [3.8, 4) is 5.75 Å². The van der Waals surface area contributed by atoms with E-state index in [1.807, 2.05) is 6.92 Å². The third kappa shape index (κ3) is 4.24. The second-order valence-corrected chi connectivity index (χ2v) is 6.32. The molecule has 0 aliphatic heterocycles. The van der Waals surface area contributed by atoms with Crippen molar-refractivity contribution in [2.24, 2.45) is 5.92 Å². The van der Waals surface area contributed by atoms with E-state index in [0.717, 1.165) is 0 Å². The predicted molar refractivity (Wildman–Crippen MR) is 71.1 cm³/mol. The van der Waals surface area contributed by atoms with E-state index in [1.165, 1.54) is 19.2 Å². The normalized spacial score (nSPS) is 12.9. The monoisotopic (exact) mass is 286 g/mol. The summed E-state index contributed by atoms with van der Waals surface area (Å²) < 4.78 is 29.2. The smallest absolute Gasteiger partial charge is 0.307 e. The zero-order chi connectivity index (χ0) is 14.5. The van der Waals surface area contributed by atoms with Crippen molar-refractivity contribution in [3.05, 3.63) is 24.3 Å². The lowest BCUT2D eigenvalue weighted by atomic mass is 10.1. The number of carbonyl (C=O) groups is 1. The number of ether oxygens (including phenoxy) is 1. The van der Waals surface area contributed by atoms with Gasteiger partial charge in [0.2, 0.25) is 0 Å². The lowest BCUT2D eigenvalue weighted by Crippen LogP contribution is -2.23. The molecule has 0 amide bonds. The highest BCUT2D eigenvalue weighted by Gasteiger charge is 2.25. The van der Waals surface area contributed by atoms with Gasteiger partial charge in [-0.25, -0.2) is 8.42 Å². The highest BCUT2D eigenvalue weighted by Crippen LogP contribution is 2.20. The van der Waals surface area contributed by atoms with Crippen LogP contribution < -0.4 is 4.74 Å². The largest absolute Gasteiger partial charge is 0.497 e. The van der Waals surface area contributed by atoms with Gasteiger partial charge in [-0.15, -0.1) is 0 Å². The molecule has 6 heteroatoms. The van der Waals surface area contributed by atoms with Crippen LogP contribution in [0.25, 0.3) is 0 Å². The van der Waals surface area contributed by atoms with Gasteiger partial charge in [-0.3, -0.25) is 4.79 Å². The first-order valence-corrected chi connectivity index (χ1v) is 7.65. The molecule has 0 heterocycles. The molecule has 0 radical (unpaired) electrons. The van der Waals surface area contributed by atoms with E-state index in [4.69, 9.17) is 9.84 Å². The Morgan fingerprint density at radius 2 is 1.89 bits per heavy atom. The summed E-state index contributed by atoms with van der Waals surface area (Å²) in [6, 6.07) is 5.95. The Labute approximate surface area is 113 Å². The van der Waals surface area contributed by atoms with Crippen LogP contribution in [-0.4, -0.2) is 32.4 Å². The number of carboxylic acid groups (broad SMARTS) is 1. The van der Waals surface area contributed by atoms with Crippen LogP contribution in [0.2, 0.25) is 0 Å². The number of rotatable bonds is 7. The molecule has 0 bridgehead atoms. The van der Waals surface area contributed by atoms with E-state index in [0.29, 0.717) is 18.6 Å². The van der Waals surface area contributed by atoms with E-state index < -0.39 is 21.7 Å². The molecule has 5 nitrogen and oxygen atoms in total. The molecule has 1 atom stereocenters. The third-order valence-corrected chi connectivity index (χ3v) is 4.66. The van der Waals surface area contributed by atoms with Crippen LogP contribution in [0, 0.1) is 5.92 Å². The maximum absolute atomic E-state index is 12.1. The van der Waals surface area contributed by atoms with Crippen LogP contribution in [0.1, 0.15) is 19.8 Å². The van der Waals surface area contributed by atoms with Gasteiger partial charge in [0.1, 0.15) is 5.75 Å². The fraction of sp³-hybridized carbons (Fsp3) is 0.462. The molecule has 1 aromatic carbocycles. The minimum Gasteiger partial charge on any atom is -0.497 e. The van der Waals surface area contributed by atoms with Gasteiger partial charge < -0.3 is 9.84 Å². The van der Waals surface area contributed by atoms with Gasteiger partial charge in [-0.2, -0.15) is 0 Å². The zero-order valence-electron chi connectivity index (χ0n) is 11.0. The standard InChI is InChI=1S/C13H18O5S/c1-3-4-10(13(14)15)9-19(16,17)12-7-5-11(18-2)6-8-12/h5-8,10H,3-4,9H2,1-2H3,(H,14,15). The molecular formula is C13H18O5S. The van der Waals surface area contributed by atoms with Crippen molar-refractivity contribution in [1.29, 1.82) is 0 Å². The number of hydrogen-bond acceptors (Lipinski definition) is 4. The van der Waals surface area contributed by atoms with Gasteiger partial charge in [0, 0.05) is 0 Å². The molecule has 1 aromatic rings. The molecule has 0 aliphatic carbocycles. The highest BCUT2D eigenvalue weighted by molar-refractivity contribution is 7.91. The van der Waals surface area contributed by atoms with Crippen molar-refractivity contribution < 1.29 is 23.1 Å². The van der Waals surface area contributed by atoms with Gasteiger partial charge >= 0.3 is 5.97 Å². The van der Waals surface area contributed by atoms with Crippen molar-refractivity contribution in [2.45, 2.75) is 24.7 Å². The van der Waals surface area contributed by atoms with Crippen LogP contribution in [0.4, 0.5) is 0 Å². The topological polar surface area (TPSA) is 80.7 Å². The SMILES string of the molecule is CCCC(CS(=O)(=O)c1ccc(OC)cc1)C(=O)O. The Balaban J connectivity index is 2.92. The first-order chi connectivity index (χ1) is 8.90. The molecule has 0 saturated carbocycles. The van der Waals surface area contributed by atoms with E-state index >= 15 is 0 Å². The Morgan fingerprint density at radius 1 is 1.32 bits per heavy atom. The summed E-state index contributed by atoms with van der Waals surface area (Å²) in [5.74, 6) is -1.75. The Morgan fingerprint density at radius 3 is 2.32 bits per heavy atom. The maximum atomic E-state index is 12.1. The summed E-state index contributed by atoms with van der Waals surface area (Å²) in [5, 5.41) is 9.01. The molecule has 0 aliphatic rings. The number of benzene rings is 1. The van der Waals surface area contributed by atoms with E-state index in [-0.39, 0.29) is 10.6 Å². The first kappa shape index (κ1) is 15.5. The lowest BCUT2D eigenvalue weighted by molar-refractivity contribution is -0.141. The number of carboxylic acids is 1. The van der Waals surface area contributed by atoms with Crippen molar-refractivity contribution in [2.75, 3.05) is 12.9 Å². The molecule has 1 N–H and O–H groups in total. The number of hydrogen-bond donors (Lipinski definition) is 1. The molecule has 0 saturated heterocycles. The second kappa shape index (κ2) is 6.56. The Bertz CT molecular complexity index is 518. The van der Waals surface area contributed by atoms with Gasteiger partial charge in [-0.1, -0.05) is 13.3 Å². The second-order valence-electron chi connectivity index (χ2n) is 4.28. The fourth-order valence-corrected chi connectivity index (χ4v) is 3.35. The molecule has 0 spiro atoms. The van der Waals surface area contributed by atoms with Gasteiger partial charge in [0.05, 0.1) is 23.7 Å². The lowest BCUT2D eigenvalue weighted by Gasteiger charge is -2.12. The number of methoxy groups -OCH3 is 1. The molecule has 1 rings (SSSR count). The van der Waals surface area contributed by atoms with Crippen LogP contribution in [0.3, 0.4) is 0 Å². The Kier molecular flexibility index (Phi) is 5.35. The molecule has 0 aromatic heterocycles. The first-order valence-electron chi connectivity index (χ1n) is 6.00. The van der Waals surface area contributed by atoms with Crippen LogP contribution in [0.5, 0.6) is 5.75 Å². The van der Waals surface area contributed by atoms with Crippen molar-refractivity contribution >= 4 is 15.8 Å². The number of sulfone groups is 1. The van der Waals surface area contributed by atoms with Crippen LogP contribution in [-0.2, 0) is 14.6 Å². The van der Waals surface area contributed by atoms with Crippen molar-refractivity contribution in [1.82, 2.24) is 0 Å². The summed E-state index contributed by atoms with van der Waals surface area (Å²) in [4.78, 5) is 11.1. The summed E-state index contributed by atoms with van der Waals surface area (Å²) in [7, 11) is -2.10. The van der Waals surface area contributed by atoms with Crippen LogP contribution >= 0.6 is 0 Å². The minimum absolute atomic E-state index is 0.121. The summed E-state index contributed by atoms with van der Waals surface area (Å²) >= 11 is 0. The van der Waals surface area contributed by atoms with Crippen LogP contribution in [0.15, 0.2) is 29.2 Å². The van der Waals surface area contributed by atoms with E-state index in [1.54, 1.807) is 12.1 Å². The molecule has 1 unspecified atom stereocenters. The maximum Gasteiger partial charge on any atom is 0.307 e. The average Bonchev–Trinajstić information content (AvgIpc) is 2.38. The summed E-state index contributed by atoms with van der Waals surface area (Å²) in [6.45, 7) is 1.83. The molecule has 0 fully saturated rings. The number of aliphatic carboxylic acids is 1. The minimum atomic E-state index is -3.59. The van der Waals surface area contributed by atoms with E-state index in [9.17, 15) is 13.2 Å². The highest BCUT2D eigenvalue weighted by atomic mass is 32.2. The predicted octanol–water partition coefficient (Wildman–Crippen LogP) is 1.97. The molecule has 19 heavy (non-hydrogen) atoms. The Hall–Kier alpha value is -1.56. The van der Waals surface area contributed by atoms with Crippen molar-refractivity contribution in [3.63, 3.8) is 0 Å². The van der Waals surface area contributed by atoms with E-state index in [2.05, 4.69) is 0 Å².